The number of alkyl halides is 1. The van der Waals surface area contributed by atoms with E-state index in [1.807, 2.05) is 19.1 Å². The number of aromatic nitrogens is 1. The molecule has 1 aromatic rings. The molecule has 1 aromatic heterocycles. The lowest BCUT2D eigenvalue weighted by molar-refractivity contribution is -0.139. The van der Waals surface area contributed by atoms with Gasteiger partial charge in [-0.3, -0.25) is 9.78 Å². The predicted molar refractivity (Wildman–Crippen MR) is 52.7 cm³/mol. The van der Waals surface area contributed by atoms with Crippen molar-refractivity contribution >= 4 is 21.9 Å². The normalized spacial score (nSPS) is 12.2. The number of pyridine rings is 1. The molecule has 0 N–H and O–H groups in total. The van der Waals surface area contributed by atoms with Crippen molar-refractivity contribution in [2.45, 2.75) is 11.8 Å². The van der Waals surface area contributed by atoms with Crippen molar-refractivity contribution in [1.29, 1.82) is 0 Å². The number of esters is 1. The summed E-state index contributed by atoms with van der Waals surface area (Å²) in [7, 11) is 1.35. The van der Waals surface area contributed by atoms with Crippen molar-refractivity contribution in [2.75, 3.05) is 7.11 Å². The maximum atomic E-state index is 11.1. The molecular weight excluding hydrogens is 234 g/mol. The standard InChI is InChI=1S/C9H10BrNO2/c1-6-3-4-11-7(5-6)8(10)9(12)13-2/h3-5,8H,1-2H3. The Morgan fingerprint density at radius 2 is 2.38 bits per heavy atom. The Morgan fingerprint density at radius 3 is 2.92 bits per heavy atom. The molecule has 0 bridgehead atoms. The molecule has 1 heterocycles. The topological polar surface area (TPSA) is 39.2 Å². The van der Waals surface area contributed by atoms with E-state index in [-0.39, 0.29) is 5.97 Å². The van der Waals surface area contributed by atoms with Crippen molar-refractivity contribution < 1.29 is 9.53 Å². The highest BCUT2D eigenvalue weighted by atomic mass is 79.9. The first-order chi connectivity index (χ1) is 6.15. The molecule has 0 radical (unpaired) electrons. The SMILES string of the molecule is COC(=O)C(Br)c1cc(C)ccn1. The number of hydrogen-bond donors (Lipinski definition) is 0. The third kappa shape index (κ3) is 2.52. The quantitative estimate of drug-likeness (QED) is 0.590. The van der Waals surface area contributed by atoms with Gasteiger partial charge in [-0.15, -0.1) is 0 Å². The van der Waals surface area contributed by atoms with Crippen molar-refractivity contribution in [1.82, 2.24) is 4.98 Å². The van der Waals surface area contributed by atoms with Crippen LogP contribution < -0.4 is 0 Å². The Morgan fingerprint density at radius 1 is 1.69 bits per heavy atom. The minimum Gasteiger partial charge on any atom is -0.468 e. The second-order valence-corrected chi connectivity index (χ2v) is 3.56. The van der Waals surface area contributed by atoms with Crippen LogP contribution in [0.5, 0.6) is 0 Å². The van der Waals surface area contributed by atoms with Gasteiger partial charge in [-0.05, 0) is 24.6 Å². The third-order valence-corrected chi connectivity index (χ3v) is 2.45. The second-order valence-electron chi connectivity index (χ2n) is 2.64. The lowest BCUT2D eigenvalue weighted by Gasteiger charge is -2.06. The number of methoxy groups -OCH3 is 1. The van der Waals surface area contributed by atoms with Crippen molar-refractivity contribution in [2.24, 2.45) is 0 Å². The smallest absolute Gasteiger partial charge is 0.325 e. The molecule has 0 aliphatic heterocycles. The van der Waals surface area contributed by atoms with Gasteiger partial charge in [-0.25, -0.2) is 0 Å². The first-order valence-corrected chi connectivity index (χ1v) is 4.71. The number of carbonyl (C=O) groups excluding carboxylic acids is 1. The maximum absolute atomic E-state index is 11.1. The molecule has 70 valence electrons. The van der Waals surface area contributed by atoms with Crippen LogP contribution in [0.15, 0.2) is 18.3 Å². The molecule has 0 aliphatic rings. The van der Waals surface area contributed by atoms with Crippen LogP contribution in [0, 0.1) is 6.92 Å². The highest BCUT2D eigenvalue weighted by Crippen LogP contribution is 2.22. The van der Waals surface area contributed by atoms with E-state index < -0.39 is 4.83 Å². The fourth-order valence-corrected chi connectivity index (χ4v) is 1.36. The summed E-state index contributed by atoms with van der Waals surface area (Å²) in [5, 5.41) is 0. The summed E-state index contributed by atoms with van der Waals surface area (Å²) in [5.41, 5.74) is 1.74. The molecule has 4 heteroatoms. The molecule has 0 aliphatic carbocycles. The van der Waals surface area contributed by atoms with E-state index in [2.05, 4.69) is 25.7 Å². The number of ether oxygens (including phenoxy) is 1. The monoisotopic (exact) mass is 243 g/mol. The van der Waals surface area contributed by atoms with Crippen LogP contribution in [0.1, 0.15) is 16.1 Å². The Hall–Kier alpha value is -0.900. The number of halogens is 1. The molecule has 1 unspecified atom stereocenters. The molecule has 0 aromatic carbocycles. The number of nitrogens with zero attached hydrogens (tertiary/aromatic N) is 1. The zero-order valence-corrected chi connectivity index (χ0v) is 9.04. The van der Waals surface area contributed by atoms with E-state index in [0.29, 0.717) is 5.69 Å². The number of hydrogen-bond acceptors (Lipinski definition) is 3. The summed E-state index contributed by atoms with van der Waals surface area (Å²) in [4.78, 5) is 14.7. The van der Waals surface area contributed by atoms with E-state index in [1.54, 1.807) is 6.20 Å². The number of rotatable bonds is 2. The Balaban J connectivity index is 2.88. The molecule has 0 fully saturated rings. The first kappa shape index (κ1) is 10.2. The molecule has 0 spiro atoms. The molecule has 0 saturated carbocycles. The maximum Gasteiger partial charge on any atom is 0.325 e. The van der Waals surface area contributed by atoms with E-state index in [9.17, 15) is 4.79 Å². The fraction of sp³-hybridized carbons (Fsp3) is 0.333. The third-order valence-electron chi connectivity index (χ3n) is 1.60. The molecule has 1 atom stereocenters. The molecular formula is C9H10BrNO2. The lowest BCUT2D eigenvalue weighted by atomic mass is 10.2. The summed E-state index contributed by atoms with van der Waals surface area (Å²) in [5.74, 6) is -0.335. The molecule has 0 saturated heterocycles. The first-order valence-electron chi connectivity index (χ1n) is 3.79. The minimum absolute atomic E-state index is 0.335. The number of aryl methyl sites for hydroxylation is 1. The van der Waals surface area contributed by atoms with Crippen molar-refractivity contribution in [3.63, 3.8) is 0 Å². The van der Waals surface area contributed by atoms with Gasteiger partial charge in [0.25, 0.3) is 0 Å². The van der Waals surface area contributed by atoms with Gasteiger partial charge < -0.3 is 4.74 Å². The van der Waals surface area contributed by atoms with Crippen molar-refractivity contribution in [3.8, 4) is 0 Å². The minimum atomic E-state index is -0.475. The van der Waals surface area contributed by atoms with Crippen LogP contribution in [0.3, 0.4) is 0 Å². The molecule has 3 nitrogen and oxygen atoms in total. The van der Waals surface area contributed by atoms with E-state index in [0.717, 1.165) is 5.56 Å². The van der Waals surface area contributed by atoms with Crippen LogP contribution in [-0.2, 0) is 9.53 Å². The molecule has 1 rings (SSSR count). The van der Waals surface area contributed by atoms with Gasteiger partial charge in [0.2, 0.25) is 0 Å². The Labute approximate surface area is 85.3 Å². The average Bonchev–Trinajstić information content (AvgIpc) is 2.15. The van der Waals surface area contributed by atoms with Crippen LogP contribution in [0.4, 0.5) is 0 Å². The summed E-state index contributed by atoms with van der Waals surface area (Å²) in [6.45, 7) is 1.95. The van der Waals surface area contributed by atoms with Gasteiger partial charge in [-0.2, -0.15) is 0 Å². The predicted octanol–water partition coefficient (Wildman–Crippen LogP) is 2.00. The Bertz CT molecular complexity index is 314. The van der Waals surface area contributed by atoms with E-state index in [1.165, 1.54) is 7.11 Å². The van der Waals surface area contributed by atoms with Gasteiger partial charge >= 0.3 is 5.97 Å². The van der Waals surface area contributed by atoms with E-state index in [4.69, 9.17) is 0 Å². The van der Waals surface area contributed by atoms with E-state index >= 15 is 0 Å². The van der Waals surface area contributed by atoms with Crippen LogP contribution in [0.25, 0.3) is 0 Å². The van der Waals surface area contributed by atoms with Gasteiger partial charge in [0.15, 0.2) is 4.83 Å². The van der Waals surface area contributed by atoms with Crippen LogP contribution in [0.2, 0.25) is 0 Å². The summed E-state index contributed by atoms with van der Waals surface area (Å²) in [6, 6.07) is 3.72. The van der Waals surface area contributed by atoms with Gasteiger partial charge in [0.1, 0.15) is 0 Å². The van der Waals surface area contributed by atoms with Gasteiger partial charge in [-0.1, -0.05) is 15.9 Å². The number of carbonyl (C=O) groups is 1. The zero-order valence-electron chi connectivity index (χ0n) is 7.45. The lowest BCUT2D eigenvalue weighted by Crippen LogP contribution is -2.09. The van der Waals surface area contributed by atoms with Gasteiger partial charge in [0.05, 0.1) is 12.8 Å². The fourth-order valence-electron chi connectivity index (χ4n) is 0.922. The summed E-state index contributed by atoms with van der Waals surface area (Å²) >= 11 is 3.21. The summed E-state index contributed by atoms with van der Waals surface area (Å²) < 4.78 is 4.58. The zero-order chi connectivity index (χ0) is 9.84. The van der Waals surface area contributed by atoms with Crippen molar-refractivity contribution in [3.05, 3.63) is 29.6 Å². The largest absolute Gasteiger partial charge is 0.468 e. The highest BCUT2D eigenvalue weighted by Gasteiger charge is 2.18. The van der Waals surface area contributed by atoms with Crippen LogP contribution in [-0.4, -0.2) is 18.1 Å². The second kappa shape index (κ2) is 4.37. The highest BCUT2D eigenvalue weighted by molar-refractivity contribution is 9.09. The summed E-state index contributed by atoms with van der Waals surface area (Å²) in [6.07, 6.45) is 1.67. The molecule has 0 amide bonds. The van der Waals surface area contributed by atoms with Gasteiger partial charge in [0, 0.05) is 6.20 Å². The molecule has 13 heavy (non-hydrogen) atoms. The van der Waals surface area contributed by atoms with Crippen LogP contribution >= 0.6 is 15.9 Å². The average molecular weight is 244 g/mol. The Kier molecular flexibility index (Phi) is 3.42.